The molecule has 0 aliphatic rings. The number of aryl methyl sites for hydroxylation is 3. The lowest BCUT2D eigenvalue weighted by molar-refractivity contribution is 0.0679. The van der Waals surface area contributed by atoms with Crippen LogP contribution >= 0.6 is 0 Å². The Labute approximate surface area is 121 Å². The Morgan fingerprint density at radius 2 is 2.14 bits per heavy atom. The standard InChI is InChI=1S/C13H17N5O3/c1-9-4-6-15-18(9)7-3-5-14-12(19)10-8-16-17(2)11(10)13(20)21/h4,6,8H,3,5,7H2,1-2H3,(H,14,19)(H,20,21). The summed E-state index contributed by atoms with van der Waals surface area (Å²) >= 11 is 0. The van der Waals surface area contributed by atoms with Gasteiger partial charge in [0.2, 0.25) is 0 Å². The van der Waals surface area contributed by atoms with Gasteiger partial charge in [0.25, 0.3) is 5.91 Å². The van der Waals surface area contributed by atoms with Crippen molar-refractivity contribution in [1.29, 1.82) is 0 Å². The van der Waals surface area contributed by atoms with E-state index in [1.807, 2.05) is 17.7 Å². The van der Waals surface area contributed by atoms with Crippen LogP contribution in [0.25, 0.3) is 0 Å². The zero-order valence-corrected chi connectivity index (χ0v) is 11.9. The largest absolute Gasteiger partial charge is 0.477 e. The highest BCUT2D eigenvalue weighted by Crippen LogP contribution is 2.07. The van der Waals surface area contributed by atoms with Gasteiger partial charge in [-0.2, -0.15) is 10.2 Å². The molecule has 0 radical (unpaired) electrons. The van der Waals surface area contributed by atoms with Gasteiger partial charge in [-0.3, -0.25) is 14.2 Å². The Morgan fingerprint density at radius 3 is 2.76 bits per heavy atom. The number of nitrogens with one attached hydrogen (secondary N) is 1. The molecular formula is C13H17N5O3. The number of hydrogen-bond acceptors (Lipinski definition) is 4. The predicted molar refractivity (Wildman–Crippen MR) is 74.1 cm³/mol. The quantitative estimate of drug-likeness (QED) is 0.752. The number of aromatic nitrogens is 4. The minimum Gasteiger partial charge on any atom is -0.477 e. The highest BCUT2D eigenvalue weighted by molar-refractivity contribution is 6.03. The third-order valence-corrected chi connectivity index (χ3v) is 3.15. The fourth-order valence-electron chi connectivity index (χ4n) is 2.02. The summed E-state index contributed by atoms with van der Waals surface area (Å²) < 4.78 is 3.02. The van der Waals surface area contributed by atoms with Crippen molar-refractivity contribution in [2.75, 3.05) is 6.54 Å². The molecule has 0 bridgehead atoms. The molecule has 0 spiro atoms. The smallest absolute Gasteiger partial charge is 0.354 e. The number of aromatic carboxylic acids is 1. The van der Waals surface area contributed by atoms with E-state index < -0.39 is 11.9 Å². The van der Waals surface area contributed by atoms with Crippen molar-refractivity contribution in [3.05, 3.63) is 35.4 Å². The number of carbonyl (C=O) groups is 2. The molecule has 2 heterocycles. The number of nitrogens with zero attached hydrogens (tertiary/aromatic N) is 4. The molecule has 0 aromatic carbocycles. The van der Waals surface area contributed by atoms with Gasteiger partial charge in [-0.05, 0) is 19.4 Å². The topological polar surface area (TPSA) is 102 Å². The molecule has 0 fully saturated rings. The second kappa shape index (κ2) is 6.21. The molecule has 2 rings (SSSR count). The molecule has 21 heavy (non-hydrogen) atoms. The molecule has 0 saturated carbocycles. The van der Waals surface area contributed by atoms with Gasteiger partial charge in [0.05, 0.1) is 11.8 Å². The van der Waals surface area contributed by atoms with Crippen LogP contribution < -0.4 is 5.32 Å². The van der Waals surface area contributed by atoms with Gasteiger partial charge in [0.15, 0.2) is 5.69 Å². The Morgan fingerprint density at radius 1 is 1.38 bits per heavy atom. The van der Waals surface area contributed by atoms with Gasteiger partial charge in [-0.1, -0.05) is 0 Å². The lowest BCUT2D eigenvalue weighted by Crippen LogP contribution is -2.27. The first-order valence-electron chi connectivity index (χ1n) is 6.52. The van der Waals surface area contributed by atoms with Crippen LogP contribution in [0.3, 0.4) is 0 Å². The second-order valence-corrected chi connectivity index (χ2v) is 4.64. The second-order valence-electron chi connectivity index (χ2n) is 4.64. The van der Waals surface area contributed by atoms with E-state index in [9.17, 15) is 9.59 Å². The van der Waals surface area contributed by atoms with E-state index >= 15 is 0 Å². The third-order valence-electron chi connectivity index (χ3n) is 3.15. The minimum absolute atomic E-state index is 0.0697. The van der Waals surface area contributed by atoms with Gasteiger partial charge in [0.1, 0.15) is 0 Å². The summed E-state index contributed by atoms with van der Waals surface area (Å²) in [5.41, 5.74) is 1.01. The zero-order valence-electron chi connectivity index (χ0n) is 11.9. The van der Waals surface area contributed by atoms with Crippen LogP contribution in [-0.2, 0) is 13.6 Å². The fourth-order valence-corrected chi connectivity index (χ4v) is 2.02. The van der Waals surface area contributed by atoms with Gasteiger partial charge < -0.3 is 10.4 Å². The summed E-state index contributed by atoms with van der Waals surface area (Å²) in [6, 6.07) is 1.91. The molecule has 0 unspecified atom stereocenters. The van der Waals surface area contributed by atoms with Crippen LogP contribution in [0.4, 0.5) is 0 Å². The highest BCUT2D eigenvalue weighted by atomic mass is 16.4. The maximum absolute atomic E-state index is 12.0. The summed E-state index contributed by atoms with van der Waals surface area (Å²) in [6.45, 7) is 3.09. The molecule has 8 heteroatoms. The number of rotatable bonds is 6. The third kappa shape index (κ3) is 3.28. The fraction of sp³-hybridized carbons (Fsp3) is 0.385. The summed E-state index contributed by atoms with van der Waals surface area (Å²) in [6.07, 6.45) is 3.69. The first-order chi connectivity index (χ1) is 10.0. The maximum atomic E-state index is 12.0. The van der Waals surface area contributed by atoms with Crippen molar-refractivity contribution >= 4 is 11.9 Å². The number of carboxylic acids is 1. The maximum Gasteiger partial charge on any atom is 0.354 e. The zero-order chi connectivity index (χ0) is 15.4. The van der Waals surface area contributed by atoms with E-state index in [-0.39, 0.29) is 11.3 Å². The number of amides is 1. The average molecular weight is 291 g/mol. The van der Waals surface area contributed by atoms with Crippen molar-refractivity contribution in [3.63, 3.8) is 0 Å². The van der Waals surface area contributed by atoms with E-state index in [0.717, 1.165) is 5.69 Å². The molecular weight excluding hydrogens is 274 g/mol. The van der Waals surface area contributed by atoms with Crippen molar-refractivity contribution in [2.24, 2.45) is 7.05 Å². The normalized spacial score (nSPS) is 10.6. The molecule has 0 aliphatic carbocycles. The monoisotopic (exact) mass is 291 g/mol. The van der Waals surface area contributed by atoms with Crippen LogP contribution in [0.1, 0.15) is 33.0 Å². The molecule has 8 nitrogen and oxygen atoms in total. The van der Waals surface area contributed by atoms with Crippen LogP contribution in [0.5, 0.6) is 0 Å². The summed E-state index contributed by atoms with van der Waals surface area (Å²) in [4.78, 5) is 23.0. The predicted octanol–water partition coefficient (Wildman–Crippen LogP) is 0.443. The van der Waals surface area contributed by atoms with E-state index in [4.69, 9.17) is 5.11 Å². The molecule has 112 valence electrons. The van der Waals surface area contributed by atoms with Gasteiger partial charge >= 0.3 is 5.97 Å². The summed E-state index contributed by atoms with van der Waals surface area (Å²) in [5.74, 6) is -1.61. The van der Waals surface area contributed by atoms with E-state index in [1.54, 1.807) is 6.20 Å². The molecule has 1 amide bonds. The molecule has 0 saturated heterocycles. The van der Waals surface area contributed by atoms with Crippen molar-refractivity contribution in [3.8, 4) is 0 Å². The van der Waals surface area contributed by atoms with Crippen molar-refractivity contribution < 1.29 is 14.7 Å². The molecule has 2 N–H and O–H groups in total. The number of carboxylic acid groups (broad SMARTS) is 1. The van der Waals surface area contributed by atoms with Gasteiger partial charge in [-0.15, -0.1) is 0 Å². The SMILES string of the molecule is Cc1ccnn1CCCNC(=O)c1cnn(C)c1C(=O)O. The molecule has 0 aliphatic heterocycles. The first kappa shape index (κ1) is 14.8. The van der Waals surface area contributed by atoms with Crippen LogP contribution in [0, 0.1) is 6.92 Å². The number of carbonyl (C=O) groups excluding carboxylic acids is 1. The van der Waals surface area contributed by atoms with Crippen LogP contribution in [0.2, 0.25) is 0 Å². The van der Waals surface area contributed by atoms with Crippen molar-refractivity contribution in [2.45, 2.75) is 19.9 Å². The first-order valence-corrected chi connectivity index (χ1v) is 6.52. The summed E-state index contributed by atoms with van der Waals surface area (Å²) in [7, 11) is 1.49. The lowest BCUT2D eigenvalue weighted by atomic mass is 10.2. The van der Waals surface area contributed by atoms with E-state index in [0.29, 0.717) is 19.5 Å². The van der Waals surface area contributed by atoms with Gasteiger partial charge in [0, 0.05) is 32.0 Å². The molecule has 0 atom stereocenters. The Kier molecular flexibility index (Phi) is 4.36. The average Bonchev–Trinajstić information content (AvgIpc) is 3.00. The Balaban J connectivity index is 1.88. The van der Waals surface area contributed by atoms with Gasteiger partial charge in [-0.25, -0.2) is 4.79 Å². The van der Waals surface area contributed by atoms with Crippen LogP contribution in [-0.4, -0.2) is 43.1 Å². The van der Waals surface area contributed by atoms with E-state index in [2.05, 4.69) is 15.5 Å². The number of hydrogen-bond donors (Lipinski definition) is 2. The Bertz CT molecular complexity index is 659. The van der Waals surface area contributed by atoms with Crippen molar-refractivity contribution in [1.82, 2.24) is 24.9 Å². The molecule has 2 aromatic rings. The summed E-state index contributed by atoms with van der Waals surface area (Å²) in [5, 5.41) is 19.7. The minimum atomic E-state index is -1.17. The van der Waals surface area contributed by atoms with Crippen LogP contribution in [0.15, 0.2) is 18.5 Å². The Hall–Kier alpha value is -2.64. The lowest BCUT2D eigenvalue weighted by Gasteiger charge is -2.06. The molecule has 2 aromatic heterocycles. The van der Waals surface area contributed by atoms with E-state index in [1.165, 1.54) is 17.9 Å². The highest BCUT2D eigenvalue weighted by Gasteiger charge is 2.20.